The molecule has 1 fully saturated rings. The van der Waals surface area contributed by atoms with E-state index in [2.05, 4.69) is 49.1 Å². The van der Waals surface area contributed by atoms with E-state index in [1.165, 1.54) is 43.2 Å². The second kappa shape index (κ2) is 6.47. The summed E-state index contributed by atoms with van der Waals surface area (Å²) in [4.78, 5) is 0. The fourth-order valence-corrected chi connectivity index (χ4v) is 2.55. The predicted molar refractivity (Wildman–Crippen MR) is 74.8 cm³/mol. The van der Waals surface area contributed by atoms with Gasteiger partial charge in [-0.1, -0.05) is 56.5 Å². The fraction of sp³-hybridized carbons (Fsp3) is 0.471. The van der Waals surface area contributed by atoms with E-state index >= 15 is 0 Å². The zero-order chi connectivity index (χ0) is 11.9. The molecule has 0 saturated heterocycles. The van der Waals surface area contributed by atoms with Crippen molar-refractivity contribution in [1.29, 1.82) is 0 Å². The predicted octanol–water partition coefficient (Wildman–Crippen LogP) is 5.22. The van der Waals surface area contributed by atoms with Gasteiger partial charge in [-0.15, -0.1) is 5.73 Å². The van der Waals surface area contributed by atoms with Gasteiger partial charge in [-0.25, -0.2) is 0 Å². The highest BCUT2D eigenvalue weighted by Crippen LogP contribution is 2.25. The standard InChI is InChI=1S/C17H22/c1-2-16(17-11-7-4-8-12-17)14-13-15-9-5-3-6-10-15/h4,7-8,11-13,15H,2-3,5-6,9-10H2,1H3. The molecule has 1 saturated carbocycles. The fourth-order valence-electron chi connectivity index (χ4n) is 2.55. The normalized spacial score (nSPS) is 16.3. The molecule has 90 valence electrons. The van der Waals surface area contributed by atoms with Gasteiger partial charge in [0, 0.05) is 5.57 Å². The van der Waals surface area contributed by atoms with Crippen molar-refractivity contribution in [1.82, 2.24) is 0 Å². The van der Waals surface area contributed by atoms with Crippen LogP contribution in [0.25, 0.3) is 5.57 Å². The highest BCUT2D eigenvalue weighted by Gasteiger charge is 2.09. The molecule has 0 bridgehead atoms. The van der Waals surface area contributed by atoms with Gasteiger partial charge in [-0.2, -0.15) is 0 Å². The lowest BCUT2D eigenvalue weighted by Crippen LogP contribution is -2.02. The van der Waals surface area contributed by atoms with Gasteiger partial charge in [0.2, 0.25) is 0 Å². The van der Waals surface area contributed by atoms with Crippen LogP contribution in [0.3, 0.4) is 0 Å². The Kier molecular flexibility index (Phi) is 4.64. The molecule has 0 nitrogen and oxygen atoms in total. The van der Waals surface area contributed by atoms with Crippen molar-refractivity contribution >= 4 is 5.57 Å². The molecule has 17 heavy (non-hydrogen) atoms. The Hall–Kier alpha value is -1.26. The van der Waals surface area contributed by atoms with Gasteiger partial charge in [0.1, 0.15) is 0 Å². The van der Waals surface area contributed by atoms with Crippen LogP contribution in [-0.4, -0.2) is 0 Å². The quantitative estimate of drug-likeness (QED) is 0.620. The molecule has 0 atom stereocenters. The molecule has 0 spiro atoms. The Bertz CT molecular complexity index is 387. The van der Waals surface area contributed by atoms with E-state index in [0.29, 0.717) is 0 Å². The first-order valence-corrected chi connectivity index (χ1v) is 6.91. The summed E-state index contributed by atoms with van der Waals surface area (Å²) in [6.45, 7) is 2.21. The molecule has 2 rings (SSSR count). The third-order valence-corrected chi connectivity index (χ3v) is 3.62. The lowest BCUT2D eigenvalue weighted by atomic mass is 9.89. The molecule has 0 N–H and O–H groups in total. The van der Waals surface area contributed by atoms with Crippen LogP contribution in [0.1, 0.15) is 51.0 Å². The van der Waals surface area contributed by atoms with Crippen LogP contribution in [0.15, 0.2) is 42.1 Å². The van der Waals surface area contributed by atoms with Gasteiger partial charge >= 0.3 is 0 Å². The SMILES string of the molecule is CCC(=C=CC1CCCCC1)c1ccccc1. The van der Waals surface area contributed by atoms with Crippen LogP contribution >= 0.6 is 0 Å². The minimum Gasteiger partial charge on any atom is -0.121 e. The molecular weight excluding hydrogens is 204 g/mol. The number of allylic oxidation sites excluding steroid dienone is 1. The van der Waals surface area contributed by atoms with Gasteiger partial charge in [0.05, 0.1) is 0 Å². The molecule has 1 aromatic rings. The van der Waals surface area contributed by atoms with Crippen molar-refractivity contribution in [3.8, 4) is 0 Å². The van der Waals surface area contributed by atoms with E-state index in [-0.39, 0.29) is 0 Å². The molecule has 0 heterocycles. The molecular formula is C17H22. The van der Waals surface area contributed by atoms with Crippen LogP contribution in [0.4, 0.5) is 0 Å². The van der Waals surface area contributed by atoms with Crippen LogP contribution in [0, 0.1) is 5.92 Å². The second-order valence-corrected chi connectivity index (χ2v) is 4.91. The summed E-state index contributed by atoms with van der Waals surface area (Å²) in [5.74, 6) is 0.772. The summed E-state index contributed by atoms with van der Waals surface area (Å²) < 4.78 is 0. The topological polar surface area (TPSA) is 0 Å². The van der Waals surface area contributed by atoms with Gasteiger partial charge in [0.15, 0.2) is 0 Å². The maximum atomic E-state index is 3.55. The van der Waals surface area contributed by atoms with Crippen molar-refractivity contribution in [2.24, 2.45) is 5.92 Å². The summed E-state index contributed by atoms with van der Waals surface area (Å²) in [6.07, 6.45) is 10.3. The minimum atomic E-state index is 0.772. The van der Waals surface area contributed by atoms with Crippen molar-refractivity contribution in [3.05, 3.63) is 47.7 Å². The zero-order valence-corrected chi connectivity index (χ0v) is 10.8. The monoisotopic (exact) mass is 226 g/mol. The second-order valence-electron chi connectivity index (χ2n) is 4.91. The molecule has 0 amide bonds. The van der Waals surface area contributed by atoms with E-state index in [1.54, 1.807) is 0 Å². The first-order chi connectivity index (χ1) is 8.40. The Morgan fingerprint density at radius 3 is 2.53 bits per heavy atom. The Balaban J connectivity index is 2.14. The van der Waals surface area contributed by atoms with Gasteiger partial charge in [0.25, 0.3) is 0 Å². The van der Waals surface area contributed by atoms with Crippen LogP contribution in [0.2, 0.25) is 0 Å². The number of benzene rings is 1. The van der Waals surface area contributed by atoms with Crippen LogP contribution in [0.5, 0.6) is 0 Å². The lowest BCUT2D eigenvalue weighted by Gasteiger charge is -2.16. The van der Waals surface area contributed by atoms with Gasteiger partial charge in [-0.05, 0) is 36.8 Å². The first-order valence-electron chi connectivity index (χ1n) is 6.91. The van der Waals surface area contributed by atoms with E-state index < -0.39 is 0 Å². The lowest BCUT2D eigenvalue weighted by molar-refractivity contribution is 0.420. The van der Waals surface area contributed by atoms with E-state index in [1.807, 2.05) is 0 Å². The molecule has 1 aliphatic rings. The van der Waals surface area contributed by atoms with Gasteiger partial charge < -0.3 is 0 Å². The number of hydrogen-bond acceptors (Lipinski definition) is 0. The third kappa shape index (κ3) is 3.61. The minimum absolute atomic E-state index is 0.772. The number of rotatable bonds is 3. The maximum absolute atomic E-state index is 3.55. The van der Waals surface area contributed by atoms with Crippen molar-refractivity contribution in [2.75, 3.05) is 0 Å². The number of hydrogen-bond donors (Lipinski definition) is 0. The average molecular weight is 226 g/mol. The molecule has 1 aromatic carbocycles. The van der Waals surface area contributed by atoms with E-state index in [0.717, 1.165) is 12.3 Å². The van der Waals surface area contributed by atoms with Crippen LogP contribution < -0.4 is 0 Å². The smallest absolute Gasteiger partial charge is 0.000603 e. The summed E-state index contributed by atoms with van der Waals surface area (Å²) in [5.41, 5.74) is 6.21. The summed E-state index contributed by atoms with van der Waals surface area (Å²) in [5, 5.41) is 0. The summed E-state index contributed by atoms with van der Waals surface area (Å²) in [7, 11) is 0. The van der Waals surface area contributed by atoms with Crippen molar-refractivity contribution < 1.29 is 0 Å². The van der Waals surface area contributed by atoms with E-state index in [9.17, 15) is 0 Å². The van der Waals surface area contributed by atoms with Crippen LogP contribution in [-0.2, 0) is 0 Å². The highest BCUT2D eigenvalue weighted by atomic mass is 14.1. The van der Waals surface area contributed by atoms with Gasteiger partial charge in [-0.3, -0.25) is 0 Å². The Morgan fingerprint density at radius 2 is 1.88 bits per heavy atom. The third-order valence-electron chi connectivity index (χ3n) is 3.62. The highest BCUT2D eigenvalue weighted by molar-refractivity contribution is 5.64. The Morgan fingerprint density at radius 1 is 1.18 bits per heavy atom. The summed E-state index contributed by atoms with van der Waals surface area (Å²) >= 11 is 0. The molecule has 0 aliphatic heterocycles. The van der Waals surface area contributed by atoms with Crippen molar-refractivity contribution in [2.45, 2.75) is 45.4 Å². The average Bonchev–Trinajstić information content (AvgIpc) is 2.42. The molecule has 1 aliphatic carbocycles. The molecule has 0 unspecified atom stereocenters. The zero-order valence-electron chi connectivity index (χ0n) is 10.8. The van der Waals surface area contributed by atoms with Crippen molar-refractivity contribution in [3.63, 3.8) is 0 Å². The molecule has 0 heteroatoms. The first kappa shape index (κ1) is 12.2. The largest absolute Gasteiger partial charge is 0.121 e. The maximum Gasteiger partial charge on any atom is 0.000603 e. The van der Waals surface area contributed by atoms with E-state index in [4.69, 9.17) is 0 Å². The molecule has 0 radical (unpaired) electrons. The molecule has 0 aromatic heterocycles. The summed E-state index contributed by atoms with van der Waals surface area (Å²) in [6, 6.07) is 10.6. The Labute approximate surface area is 105 Å².